The minimum absolute atomic E-state index is 5.09. The molecule has 2 N–H and O–H groups in total. The molecule has 0 aliphatic carbocycles. The second-order valence-electron chi connectivity index (χ2n) is 1.02. The van der Waals surface area contributed by atoms with Gasteiger partial charge in [0.2, 0.25) is 0 Å². The zero-order valence-electron chi connectivity index (χ0n) is 5.68. The van der Waals surface area contributed by atoms with Gasteiger partial charge in [0.05, 0.1) is 0 Å². The molecule has 0 saturated heterocycles. The molecule has 0 aromatic carbocycles. The molecule has 0 amide bonds. The van der Waals surface area contributed by atoms with Crippen molar-refractivity contribution in [3.63, 3.8) is 0 Å². The van der Waals surface area contributed by atoms with E-state index in [1.165, 1.54) is 0 Å². The van der Waals surface area contributed by atoms with Gasteiger partial charge in [-0.25, -0.2) is 0 Å². The Morgan fingerprint density at radius 2 is 0.786 bits per heavy atom. The van der Waals surface area contributed by atoms with E-state index in [1.54, 1.807) is 0 Å². The van der Waals surface area contributed by atoms with Crippen LogP contribution in [0.4, 0.5) is 16.8 Å². The van der Waals surface area contributed by atoms with Crippen LogP contribution in [0.3, 0.4) is 0 Å². The molecule has 14 heavy (non-hydrogen) atoms. The maximum atomic E-state index is 10.2. The van der Waals surface area contributed by atoms with Crippen molar-refractivity contribution in [2.24, 2.45) is 0 Å². The Labute approximate surface area is 84.0 Å². The second-order valence-corrected chi connectivity index (χ2v) is 4.04. The third-order valence-corrected chi connectivity index (χ3v) is 0. The summed E-state index contributed by atoms with van der Waals surface area (Å²) in [6.07, 6.45) is 0. The zero-order valence-corrected chi connectivity index (χ0v) is 10.5. The summed E-state index contributed by atoms with van der Waals surface area (Å²) in [4.78, 5) is 0. The van der Waals surface area contributed by atoms with E-state index >= 15 is 0 Å². The number of rotatable bonds is 0. The van der Waals surface area contributed by atoms with E-state index in [1.807, 2.05) is 0 Å². The SMILES string of the molecule is O=S(=O)(O)F.O=S(=O)(O)F.[F][Ta]([F])[F]. The van der Waals surface area contributed by atoms with Gasteiger partial charge in [-0.3, -0.25) is 9.11 Å². The van der Waals surface area contributed by atoms with Crippen LogP contribution in [-0.2, 0) is 41.1 Å². The van der Waals surface area contributed by atoms with Crippen molar-refractivity contribution in [2.75, 3.05) is 0 Å². The fourth-order valence-electron chi connectivity index (χ4n) is 0. The van der Waals surface area contributed by atoms with Crippen LogP contribution in [0.2, 0.25) is 0 Å². The van der Waals surface area contributed by atoms with Crippen LogP contribution in [0.1, 0.15) is 0 Å². The Morgan fingerprint density at radius 3 is 0.786 bits per heavy atom. The molecule has 0 aliphatic rings. The Morgan fingerprint density at radius 1 is 0.786 bits per heavy atom. The normalized spacial score (nSPS) is 10.9. The van der Waals surface area contributed by atoms with E-state index in [4.69, 9.17) is 25.9 Å². The molecule has 6 nitrogen and oxygen atoms in total. The summed E-state index contributed by atoms with van der Waals surface area (Å²) in [5.41, 5.74) is 0. The Bertz CT molecular complexity index is 254. The van der Waals surface area contributed by atoms with Gasteiger partial charge in [0, 0.05) is 0 Å². The third kappa shape index (κ3) is 34700. The molecule has 0 aliphatic heterocycles. The first kappa shape index (κ1) is 19.7. The quantitative estimate of drug-likeness (QED) is 0.329. The van der Waals surface area contributed by atoms with Gasteiger partial charge in [-0.05, 0) is 0 Å². The monoisotopic (exact) mass is 438 g/mol. The predicted octanol–water partition coefficient (Wildman–Crippen LogP) is 0.776. The molecule has 0 fully saturated rings. The van der Waals surface area contributed by atoms with Gasteiger partial charge >= 0.3 is 50.2 Å². The predicted molar refractivity (Wildman–Crippen MR) is 28.6 cm³/mol. The van der Waals surface area contributed by atoms with Gasteiger partial charge in [0.1, 0.15) is 0 Å². The number of hydrogen-bond acceptors (Lipinski definition) is 4. The van der Waals surface area contributed by atoms with Crippen LogP contribution >= 0.6 is 0 Å². The Kier molecular flexibility index (Phi) is 12.0. The summed E-state index contributed by atoms with van der Waals surface area (Å²) < 4.78 is 97.8. The summed E-state index contributed by atoms with van der Waals surface area (Å²) in [5, 5.41) is 0. The van der Waals surface area contributed by atoms with Gasteiger partial charge in [0.25, 0.3) is 0 Å². The van der Waals surface area contributed by atoms with Gasteiger partial charge in [0.15, 0.2) is 0 Å². The molecular weight excluding hydrogens is 436 g/mol. The number of halogens is 5. The molecule has 0 heterocycles. The van der Waals surface area contributed by atoms with Gasteiger partial charge in [-0.2, -0.15) is 16.8 Å². The fraction of sp³-hybridized carbons (Fsp3) is 0. The zero-order chi connectivity index (χ0) is 12.6. The van der Waals surface area contributed by atoms with E-state index in [0.717, 1.165) is 0 Å². The molecule has 0 bridgehead atoms. The van der Waals surface area contributed by atoms with E-state index in [-0.39, 0.29) is 0 Å². The van der Waals surface area contributed by atoms with Crippen LogP contribution in [-0.4, -0.2) is 25.9 Å². The summed E-state index contributed by atoms with van der Waals surface area (Å²) in [5.74, 6) is 0. The van der Waals surface area contributed by atoms with Crippen molar-refractivity contribution < 1.29 is 62.9 Å². The van der Waals surface area contributed by atoms with Gasteiger partial charge in [-0.15, -0.1) is 0 Å². The Balaban J connectivity index is -0.000000131. The molecule has 0 radical (unpaired) electrons. The van der Waals surface area contributed by atoms with E-state index in [9.17, 15) is 16.8 Å². The first-order valence-electron chi connectivity index (χ1n) is 1.85. The fourth-order valence-corrected chi connectivity index (χ4v) is 0. The standard InChI is InChI=1S/2FHO3S.3FH.Ta/c2*1-5(2,3)4;;;;/h2*(H,2,3,4);3*1H;/q;;;;;+3/p-3. The minimum atomic E-state index is -5.17. The van der Waals surface area contributed by atoms with E-state index in [2.05, 4.69) is 0 Å². The average Bonchev–Trinajstić information content (AvgIpc) is 1.45. The molecule has 0 atom stereocenters. The van der Waals surface area contributed by atoms with Gasteiger partial charge < -0.3 is 0 Å². The number of hydrogen-bond donors (Lipinski definition) is 2. The summed E-state index contributed by atoms with van der Waals surface area (Å²) in [6.45, 7) is 0. The van der Waals surface area contributed by atoms with Crippen molar-refractivity contribution >= 4 is 21.0 Å². The average molecular weight is 438 g/mol. The molecule has 0 spiro atoms. The molecule has 90 valence electrons. The summed E-state index contributed by atoms with van der Waals surface area (Å²) >= 11 is -5.09. The van der Waals surface area contributed by atoms with Crippen molar-refractivity contribution in [2.45, 2.75) is 0 Å². The molecule has 0 aromatic rings. The van der Waals surface area contributed by atoms with Crippen molar-refractivity contribution in [1.82, 2.24) is 0 Å². The third-order valence-electron chi connectivity index (χ3n) is 0. The van der Waals surface area contributed by atoms with Crippen LogP contribution in [0, 0.1) is 0 Å². The maximum absolute atomic E-state index is 10.2. The molecular formula is H2F5O6S2Ta. The van der Waals surface area contributed by atoms with Crippen LogP contribution < -0.4 is 0 Å². The van der Waals surface area contributed by atoms with Crippen LogP contribution in [0.5, 0.6) is 0 Å². The summed E-state index contributed by atoms with van der Waals surface area (Å²) in [6, 6.07) is 0. The van der Waals surface area contributed by atoms with E-state index in [0.29, 0.717) is 0 Å². The Hall–Kier alpha value is 0.210. The molecule has 0 saturated carbocycles. The van der Waals surface area contributed by atoms with Crippen molar-refractivity contribution in [3.8, 4) is 0 Å². The van der Waals surface area contributed by atoms with Gasteiger partial charge in [-0.1, -0.05) is 7.77 Å². The second kappa shape index (κ2) is 8.51. The van der Waals surface area contributed by atoms with Crippen molar-refractivity contribution in [3.05, 3.63) is 0 Å². The first-order valence-corrected chi connectivity index (χ1v) is 8.17. The van der Waals surface area contributed by atoms with Crippen molar-refractivity contribution in [1.29, 1.82) is 0 Å². The molecule has 0 unspecified atom stereocenters. The van der Waals surface area contributed by atoms with Crippen LogP contribution in [0.25, 0.3) is 0 Å². The molecule has 0 aromatic heterocycles. The molecule has 0 rings (SSSR count). The topological polar surface area (TPSA) is 109 Å². The summed E-state index contributed by atoms with van der Waals surface area (Å²) in [7, 11) is -10.3. The van der Waals surface area contributed by atoms with Crippen LogP contribution in [0.15, 0.2) is 0 Å². The first-order chi connectivity index (χ1) is 5.73. The molecule has 14 heteroatoms. The van der Waals surface area contributed by atoms with E-state index < -0.39 is 41.1 Å².